The minimum absolute atomic E-state index is 0.134. The fourth-order valence-corrected chi connectivity index (χ4v) is 2.18. The normalized spacial score (nSPS) is 25.2. The minimum Gasteiger partial charge on any atom is -0.341 e. The van der Waals surface area contributed by atoms with Crippen molar-refractivity contribution >= 4 is 10.1 Å². The lowest BCUT2D eigenvalue weighted by molar-refractivity contribution is 0.185. The van der Waals surface area contributed by atoms with Crippen molar-refractivity contribution in [3.05, 3.63) is 29.8 Å². The highest BCUT2D eigenvalue weighted by Gasteiger charge is 2.40. The minimum atomic E-state index is -3.67. The van der Waals surface area contributed by atoms with E-state index in [1.54, 1.807) is 19.1 Å². The van der Waals surface area contributed by atoms with Gasteiger partial charge in [0.25, 0.3) is 10.1 Å². The van der Waals surface area contributed by atoms with Crippen LogP contribution in [0, 0.1) is 6.92 Å². The zero-order valence-electron chi connectivity index (χ0n) is 8.51. The highest BCUT2D eigenvalue weighted by molar-refractivity contribution is 7.86. The van der Waals surface area contributed by atoms with Crippen molar-refractivity contribution in [1.29, 1.82) is 0 Å². The van der Waals surface area contributed by atoms with Crippen molar-refractivity contribution < 1.29 is 17.3 Å². The van der Waals surface area contributed by atoms with E-state index in [4.69, 9.17) is 8.92 Å². The van der Waals surface area contributed by atoms with Crippen LogP contribution in [0.15, 0.2) is 29.2 Å². The quantitative estimate of drug-likeness (QED) is 0.580. The van der Waals surface area contributed by atoms with Crippen LogP contribution in [-0.2, 0) is 19.0 Å². The van der Waals surface area contributed by atoms with E-state index in [1.807, 2.05) is 6.92 Å². The SMILES string of the molecule is Cc1ccc(S(=O)(=O)OC2O[C@H]2C)cc1. The number of rotatable bonds is 3. The molecule has 0 radical (unpaired) electrons. The molecular weight excluding hydrogens is 216 g/mol. The van der Waals surface area contributed by atoms with Crippen LogP contribution in [0.4, 0.5) is 0 Å². The number of epoxide rings is 1. The summed E-state index contributed by atoms with van der Waals surface area (Å²) in [7, 11) is -3.67. The molecule has 1 aliphatic heterocycles. The molecule has 0 bridgehead atoms. The number of benzene rings is 1. The van der Waals surface area contributed by atoms with E-state index in [0.29, 0.717) is 0 Å². The molecule has 1 aromatic rings. The highest BCUT2D eigenvalue weighted by Crippen LogP contribution is 2.27. The van der Waals surface area contributed by atoms with Gasteiger partial charge in [-0.1, -0.05) is 17.7 Å². The molecule has 0 saturated carbocycles. The van der Waals surface area contributed by atoms with Crippen LogP contribution < -0.4 is 0 Å². The Labute approximate surface area is 88.9 Å². The number of hydrogen-bond donors (Lipinski definition) is 0. The summed E-state index contributed by atoms with van der Waals surface area (Å²) in [6.45, 7) is 3.65. The van der Waals surface area contributed by atoms with Gasteiger partial charge < -0.3 is 4.74 Å². The first-order chi connectivity index (χ1) is 6.99. The van der Waals surface area contributed by atoms with Crippen LogP contribution in [0.3, 0.4) is 0 Å². The van der Waals surface area contributed by atoms with Gasteiger partial charge in [0.05, 0.1) is 4.90 Å². The standard InChI is InChI=1S/C10H12O4S/c1-7-3-5-9(6-4-7)15(11,12)14-10-8(2)13-10/h3-6,8,10H,1-2H3/t8-,10?/m0/s1. The molecule has 2 atom stereocenters. The van der Waals surface area contributed by atoms with E-state index in [1.165, 1.54) is 12.1 Å². The van der Waals surface area contributed by atoms with E-state index in [2.05, 4.69) is 0 Å². The summed E-state index contributed by atoms with van der Waals surface area (Å²) in [6, 6.07) is 6.51. The number of aryl methyl sites for hydroxylation is 1. The predicted octanol–water partition coefficient (Wildman–Crippen LogP) is 1.45. The van der Waals surface area contributed by atoms with E-state index in [-0.39, 0.29) is 11.0 Å². The maximum atomic E-state index is 11.6. The van der Waals surface area contributed by atoms with Crippen molar-refractivity contribution in [3.8, 4) is 0 Å². The fourth-order valence-electron chi connectivity index (χ4n) is 1.15. The molecule has 1 unspecified atom stereocenters. The van der Waals surface area contributed by atoms with Gasteiger partial charge in [0.2, 0.25) is 6.29 Å². The van der Waals surface area contributed by atoms with Gasteiger partial charge in [-0.15, -0.1) is 0 Å². The van der Waals surface area contributed by atoms with Crippen LogP contribution in [0.1, 0.15) is 12.5 Å². The van der Waals surface area contributed by atoms with Crippen LogP contribution in [0.25, 0.3) is 0 Å². The van der Waals surface area contributed by atoms with Crippen LogP contribution in [0.5, 0.6) is 0 Å². The average molecular weight is 228 g/mol. The first kappa shape index (κ1) is 10.6. The van der Waals surface area contributed by atoms with Gasteiger partial charge in [0, 0.05) is 0 Å². The molecular formula is C10H12O4S. The molecule has 1 saturated heterocycles. The van der Waals surface area contributed by atoms with Crippen LogP contribution in [0.2, 0.25) is 0 Å². The molecule has 0 aliphatic carbocycles. The summed E-state index contributed by atoms with van der Waals surface area (Å²) in [5, 5.41) is 0. The van der Waals surface area contributed by atoms with E-state index in [9.17, 15) is 8.42 Å². The third-order valence-electron chi connectivity index (χ3n) is 2.19. The second-order valence-electron chi connectivity index (χ2n) is 3.57. The van der Waals surface area contributed by atoms with E-state index >= 15 is 0 Å². The Hall–Kier alpha value is -0.910. The predicted molar refractivity (Wildman–Crippen MR) is 53.8 cm³/mol. The molecule has 4 nitrogen and oxygen atoms in total. The number of hydrogen-bond acceptors (Lipinski definition) is 4. The maximum Gasteiger partial charge on any atom is 0.299 e. The molecule has 15 heavy (non-hydrogen) atoms. The Morgan fingerprint density at radius 1 is 1.27 bits per heavy atom. The lowest BCUT2D eigenvalue weighted by atomic mass is 10.2. The highest BCUT2D eigenvalue weighted by atomic mass is 32.2. The summed E-state index contributed by atoms with van der Waals surface area (Å²) in [5.41, 5.74) is 1.00. The van der Waals surface area contributed by atoms with Gasteiger partial charge in [-0.2, -0.15) is 8.42 Å². The third-order valence-corrected chi connectivity index (χ3v) is 3.48. The van der Waals surface area contributed by atoms with Gasteiger partial charge >= 0.3 is 0 Å². The molecule has 5 heteroatoms. The van der Waals surface area contributed by atoms with E-state index in [0.717, 1.165) is 5.56 Å². The molecule has 0 amide bonds. The lowest BCUT2D eigenvalue weighted by Gasteiger charge is -2.02. The van der Waals surface area contributed by atoms with Gasteiger partial charge in [0.1, 0.15) is 6.10 Å². The van der Waals surface area contributed by atoms with Crippen molar-refractivity contribution in [2.24, 2.45) is 0 Å². The Bertz CT molecular complexity index is 449. The molecule has 0 N–H and O–H groups in total. The smallest absolute Gasteiger partial charge is 0.299 e. The van der Waals surface area contributed by atoms with E-state index < -0.39 is 16.4 Å². The lowest BCUT2D eigenvalue weighted by Crippen LogP contribution is -2.09. The molecule has 1 aromatic carbocycles. The van der Waals surface area contributed by atoms with Gasteiger partial charge in [0.15, 0.2) is 0 Å². The van der Waals surface area contributed by atoms with Gasteiger partial charge in [-0.05, 0) is 26.0 Å². The van der Waals surface area contributed by atoms with Crippen molar-refractivity contribution in [2.75, 3.05) is 0 Å². The van der Waals surface area contributed by atoms with Crippen molar-refractivity contribution in [3.63, 3.8) is 0 Å². The molecule has 1 heterocycles. The molecule has 1 aliphatic rings. The Morgan fingerprint density at radius 2 is 1.80 bits per heavy atom. The summed E-state index contributed by atoms with van der Waals surface area (Å²) in [6.07, 6.45) is -0.749. The summed E-state index contributed by atoms with van der Waals surface area (Å²) in [5.74, 6) is 0. The Morgan fingerprint density at radius 3 is 2.27 bits per heavy atom. The zero-order chi connectivity index (χ0) is 11.1. The monoisotopic (exact) mass is 228 g/mol. The Balaban J connectivity index is 2.18. The average Bonchev–Trinajstić information content (AvgIpc) is 2.81. The summed E-state index contributed by atoms with van der Waals surface area (Å²) < 4.78 is 33.0. The largest absolute Gasteiger partial charge is 0.341 e. The van der Waals surface area contributed by atoms with Crippen molar-refractivity contribution in [1.82, 2.24) is 0 Å². The summed E-state index contributed by atoms with van der Waals surface area (Å²) in [4.78, 5) is 0.163. The maximum absolute atomic E-state index is 11.6. The fraction of sp³-hybridized carbons (Fsp3) is 0.400. The zero-order valence-corrected chi connectivity index (χ0v) is 9.32. The van der Waals surface area contributed by atoms with Crippen LogP contribution >= 0.6 is 0 Å². The topological polar surface area (TPSA) is 55.9 Å². The first-order valence-electron chi connectivity index (χ1n) is 4.64. The number of ether oxygens (including phenoxy) is 1. The second-order valence-corrected chi connectivity index (χ2v) is 5.15. The van der Waals surface area contributed by atoms with Crippen LogP contribution in [-0.4, -0.2) is 20.8 Å². The Kier molecular flexibility index (Phi) is 2.54. The second kappa shape index (κ2) is 3.59. The summed E-state index contributed by atoms with van der Waals surface area (Å²) >= 11 is 0. The van der Waals surface area contributed by atoms with Gasteiger partial charge in [-0.25, -0.2) is 4.18 Å². The molecule has 82 valence electrons. The molecule has 0 aromatic heterocycles. The third kappa shape index (κ3) is 2.37. The molecule has 2 rings (SSSR count). The molecule has 1 fully saturated rings. The van der Waals surface area contributed by atoms with Crippen molar-refractivity contribution in [2.45, 2.75) is 31.1 Å². The molecule has 0 spiro atoms. The first-order valence-corrected chi connectivity index (χ1v) is 6.05. The van der Waals surface area contributed by atoms with Gasteiger partial charge in [-0.3, -0.25) is 0 Å².